The van der Waals surface area contributed by atoms with Crippen LogP contribution in [0, 0.1) is 0 Å². The fourth-order valence-electron chi connectivity index (χ4n) is 2.33. The van der Waals surface area contributed by atoms with Gasteiger partial charge in [-0.25, -0.2) is 0 Å². The maximum atomic E-state index is 5.99. The van der Waals surface area contributed by atoms with E-state index in [4.69, 9.17) is 5.73 Å². The third-order valence-electron chi connectivity index (χ3n) is 3.08. The number of nitrogens with one attached hydrogen (secondary N) is 1. The molecule has 0 saturated carbocycles. The normalized spacial score (nSPS) is 11.5. The molecule has 0 bridgehead atoms. The van der Waals surface area contributed by atoms with Crippen LogP contribution in [0.5, 0.6) is 0 Å². The highest BCUT2D eigenvalue weighted by atomic mass is 79.9. The van der Waals surface area contributed by atoms with E-state index in [1.807, 2.05) is 12.1 Å². The topological polar surface area (TPSA) is 38.0 Å². The summed E-state index contributed by atoms with van der Waals surface area (Å²) in [6, 6.07) is 8.29. The van der Waals surface area contributed by atoms with Crippen LogP contribution in [0.15, 0.2) is 28.7 Å². The minimum atomic E-state index is 0.0459. The Kier molecular flexibility index (Phi) is 6.00. The van der Waals surface area contributed by atoms with Gasteiger partial charge in [0.15, 0.2) is 0 Å². The van der Waals surface area contributed by atoms with Gasteiger partial charge >= 0.3 is 0 Å². The molecule has 1 aromatic rings. The molecule has 0 aromatic heterocycles. The van der Waals surface area contributed by atoms with Crippen LogP contribution in [0.2, 0.25) is 0 Å². The van der Waals surface area contributed by atoms with Crippen molar-refractivity contribution >= 4 is 21.6 Å². The first-order chi connectivity index (χ1) is 8.15. The number of anilines is 1. The number of rotatable bonds is 7. The third-order valence-corrected chi connectivity index (χ3v) is 3.58. The molecule has 3 heteroatoms. The van der Waals surface area contributed by atoms with Crippen LogP contribution >= 0.6 is 15.9 Å². The minimum Gasteiger partial charge on any atom is -0.378 e. The summed E-state index contributed by atoms with van der Waals surface area (Å²) >= 11 is 3.50. The van der Waals surface area contributed by atoms with Crippen molar-refractivity contribution in [3.8, 4) is 0 Å². The second kappa shape index (κ2) is 7.02. The maximum absolute atomic E-state index is 5.99. The van der Waals surface area contributed by atoms with Crippen LogP contribution in [0.1, 0.15) is 39.5 Å². The summed E-state index contributed by atoms with van der Waals surface area (Å²) in [5.41, 5.74) is 7.18. The lowest BCUT2D eigenvalue weighted by Gasteiger charge is -2.34. The van der Waals surface area contributed by atoms with Crippen LogP contribution in [-0.2, 0) is 0 Å². The van der Waals surface area contributed by atoms with Crippen molar-refractivity contribution in [2.45, 2.75) is 45.1 Å². The summed E-state index contributed by atoms with van der Waals surface area (Å²) in [4.78, 5) is 0. The smallest absolute Gasteiger partial charge is 0.0495 e. The molecule has 3 N–H and O–H groups in total. The fourth-order valence-corrected chi connectivity index (χ4v) is 2.73. The Labute approximate surface area is 113 Å². The zero-order valence-corrected chi connectivity index (χ0v) is 12.4. The monoisotopic (exact) mass is 298 g/mol. The Morgan fingerprint density at radius 1 is 1.24 bits per heavy atom. The van der Waals surface area contributed by atoms with Crippen molar-refractivity contribution in [3.63, 3.8) is 0 Å². The lowest BCUT2D eigenvalue weighted by Crippen LogP contribution is -2.45. The molecule has 2 nitrogen and oxygen atoms in total. The molecule has 0 unspecified atom stereocenters. The van der Waals surface area contributed by atoms with Crippen molar-refractivity contribution in [2.75, 3.05) is 11.9 Å². The van der Waals surface area contributed by atoms with Gasteiger partial charge in [0.25, 0.3) is 0 Å². The zero-order valence-electron chi connectivity index (χ0n) is 10.8. The second-order valence-electron chi connectivity index (χ2n) is 4.62. The lowest BCUT2D eigenvalue weighted by molar-refractivity contribution is 0.401. The molecule has 0 aliphatic heterocycles. The number of halogens is 1. The van der Waals surface area contributed by atoms with E-state index in [2.05, 4.69) is 47.2 Å². The van der Waals surface area contributed by atoms with Gasteiger partial charge in [-0.3, -0.25) is 0 Å². The summed E-state index contributed by atoms with van der Waals surface area (Å²) in [6.07, 6.45) is 4.53. The van der Waals surface area contributed by atoms with Gasteiger partial charge in [0.05, 0.1) is 0 Å². The molecule has 0 aliphatic rings. The van der Waals surface area contributed by atoms with E-state index in [0.717, 1.165) is 35.8 Å². The minimum absolute atomic E-state index is 0.0459. The molecule has 0 heterocycles. The number of hydrogen-bond acceptors (Lipinski definition) is 2. The van der Waals surface area contributed by atoms with Gasteiger partial charge in [-0.2, -0.15) is 0 Å². The van der Waals surface area contributed by atoms with Gasteiger partial charge in [-0.15, -0.1) is 0 Å². The molecule has 0 radical (unpaired) electrons. The quantitative estimate of drug-likeness (QED) is 0.793. The number of hydrogen-bond donors (Lipinski definition) is 2. The first-order valence-electron chi connectivity index (χ1n) is 6.39. The molecule has 0 aliphatic carbocycles. The average molecular weight is 299 g/mol. The predicted octanol–water partition coefficient (Wildman–Crippen LogP) is 4.16. The summed E-state index contributed by atoms with van der Waals surface area (Å²) in [5, 5.41) is 3.63. The highest BCUT2D eigenvalue weighted by Gasteiger charge is 2.26. The van der Waals surface area contributed by atoms with Crippen LogP contribution in [0.4, 0.5) is 5.69 Å². The Hall–Kier alpha value is -0.540. The Balaban J connectivity index is 2.84. The van der Waals surface area contributed by atoms with Crippen molar-refractivity contribution in [1.82, 2.24) is 0 Å². The van der Waals surface area contributed by atoms with E-state index < -0.39 is 0 Å². The first kappa shape index (κ1) is 14.5. The maximum Gasteiger partial charge on any atom is 0.0495 e. The Morgan fingerprint density at radius 3 is 2.35 bits per heavy atom. The van der Waals surface area contributed by atoms with Gasteiger partial charge in [-0.1, -0.05) is 48.7 Å². The van der Waals surface area contributed by atoms with Crippen molar-refractivity contribution in [3.05, 3.63) is 28.7 Å². The van der Waals surface area contributed by atoms with Crippen LogP contribution in [0.3, 0.4) is 0 Å². The Morgan fingerprint density at radius 2 is 1.88 bits per heavy atom. The van der Waals surface area contributed by atoms with Crippen molar-refractivity contribution < 1.29 is 0 Å². The Bertz CT molecular complexity index is 333. The molecule has 0 atom stereocenters. The van der Waals surface area contributed by atoms with E-state index in [1.165, 1.54) is 0 Å². The molecule has 0 saturated heterocycles. The second-order valence-corrected chi connectivity index (χ2v) is 5.54. The zero-order chi connectivity index (χ0) is 12.7. The molecular weight excluding hydrogens is 276 g/mol. The standard InChI is InChI=1S/C14H23BrN2/c1-3-8-14(11-16,9-4-2)17-13-7-5-6-12(15)10-13/h5-7,10,17H,3-4,8-9,11,16H2,1-2H3. The fraction of sp³-hybridized carbons (Fsp3) is 0.571. The molecule has 17 heavy (non-hydrogen) atoms. The van der Waals surface area contributed by atoms with E-state index in [1.54, 1.807) is 0 Å². The summed E-state index contributed by atoms with van der Waals surface area (Å²) in [6.45, 7) is 5.10. The molecule has 96 valence electrons. The van der Waals surface area contributed by atoms with Gasteiger partial charge in [0, 0.05) is 22.2 Å². The third kappa shape index (κ3) is 4.32. The highest BCUT2D eigenvalue weighted by molar-refractivity contribution is 9.10. The van der Waals surface area contributed by atoms with Gasteiger partial charge in [0.1, 0.15) is 0 Å². The summed E-state index contributed by atoms with van der Waals surface area (Å²) < 4.78 is 1.10. The predicted molar refractivity (Wildman–Crippen MR) is 79.4 cm³/mol. The SMILES string of the molecule is CCCC(CN)(CCC)Nc1cccc(Br)c1. The molecule has 0 fully saturated rings. The summed E-state index contributed by atoms with van der Waals surface area (Å²) in [7, 11) is 0. The van der Waals surface area contributed by atoms with E-state index in [9.17, 15) is 0 Å². The van der Waals surface area contributed by atoms with E-state index >= 15 is 0 Å². The van der Waals surface area contributed by atoms with Crippen LogP contribution in [-0.4, -0.2) is 12.1 Å². The molecule has 1 rings (SSSR count). The van der Waals surface area contributed by atoms with Crippen molar-refractivity contribution in [2.24, 2.45) is 5.73 Å². The van der Waals surface area contributed by atoms with Crippen molar-refractivity contribution in [1.29, 1.82) is 0 Å². The molecule has 0 spiro atoms. The molecule has 0 amide bonds. The largest absolute Gasteiger partial charge is 0.378 e. The molecular formula is C14H23BrN2. The lowest BCUT2D eigenvalue weighted by atomic mass is 9.88. The van der Waals surface area contributed by atoms with Gasteiger partial charge in [-0.05, 0) is 31.0 Å². The molecule has 1 aromatic carbocycles. The average Bonchev–Trinajstić information content (AvgIpc) is 2.29. The number of nitrogens with two attached hydrogens (primary N) is 1. The highest BCUT2D eigenvalue weighted by Crippen LogP contribution is 2.26. The van der Waals surface area contributed by atoms with E-state index in [0.29, 0.717) is 6.54 Å². The van der Waals surface area contributed by atoms with Gasteiger partial charge < -0.3 is 11.1 Å². The van der Waals surface area contributed by atoms with E-state index in [-0.39, 0.29) is 5.54 Å². The van der Waals surface area contributed by atoms with Crippen LogP contribution < -0.4 is 11.1 Å². The van der Waals surface area contributed by atoms with Crippen LogP contribution in [0.25, 0.3) is 0 Å². The summed E-state index contributed by atoms with van der Waals surface area (Å²) in [5.74, 6) is 0. The number of benzene rings is 1. The van der Waals surface area contributed by atoms with Gasteiger partial charge in [0.2, 0.25) is 0 Å². The first-order valence-corrected chi connectivity index (χ1v) is 7.19.